The van der Waals surface area contributed by atoms with E-state index in [1.54, 1.807) is 24.3 Å². The van der Waals surface area contributed by atoms with Crippen molar-refractivity contribution in [1.29, 1.82) is 0 Å². The summed E-state index contributed by atoms with van der Waals surface area (Å²) in [5.41, 5.74) is 0.635. The van der Waals surface area contributed by atoms with Crippen molar-refractivity contribution in [3.8, 4) is 5.75 Å². The second-order valence-corrected chi connectivity index (χ2v) is 4.29. The molecule has 0 spiro atoms. The minimum atomic E-state index is -1.17. The molecule has 1 aromatic carbocycles. The fourth-order valence-corrected chi connectivity index (χ4v) is 1.67. The fraction of sp³-hybridized carbons (Fsp3) is 0.333. The largest absolute Gasteiger partial charge is 0.480 e. The van der Waals surface area contributed by atoms with Gasteiger partial charge in [0.1, 0.15) is 18.4 Å². The molecular formula is C15H19NO6. The third-order valence-corrected chi connectivity index (χ3v) is 2.65. The van der Waals surface area contributed by atoms with Crippen LogP contribution < -0.4 is 10.1 Å². The number of carboxylic acids is 1. The molecule has 0 fully saturated rings. The lowest BCUT2D eigenvalue weighted by atomic mass is 10.1. The van der Waals surface area contributed by atoms with Crippen molar-refractivity contribution < 1.29 is 28.9 Å². The summed E-state index contributed by atoms with van der Waals surface area (Å²) in [6, 6.07) is 5.80. The van der Waals surface area contributed by atoms with E-state index in [0.29, 0.717) is 11.3 Å². The zero-order valence-corrected chi connectivity index (χ0v) is 12.3. The molecule has 0 aliphatic rings. The Kier molecular flexibility index (Phi) is 7.49. The number of alkyl carbamates (subject to hydrolysis) is 1. The molecule has 0 aliphatic carbocycles. The van der Waals surface area contributed by atoms with Crippen molar-refractivity contribution >= 4 is 12.1 Å². The van der Waals surface area contributed by atoms with Crippen molar-refractivity contribution in [1.82, 2.24) is 5.32 Å². The number of carbonyl (C=O) groups excluding carboxylic acids is 1. The molecule has 1 amide bonds. The van der Waals surface area contributed by atoms with Gasteiger partial charge in [0.15, 0.2) is 6.79 Å². The van der Waals surface area contributed by atoms with E-state index in [4.69, 9.17) is 14.2 Å². The van der Waals surface area contributed by atoms with Gasteiger partial charge in [-0.25, -0.2) is 9.59 Å². The number of aliphatic carboxylic acids is 1. The van der Waals surface area contributed by atoms with Crippen LogP contribution in [0.1, 0.15) is 5.56 Å². The molecule has 1 rings (SSSR count). The quantitative estimate of drug-likeness (QED) is 0.531. The van der Waals surface area contributed by atoms with Crippen molar-refractivity contribution in [2.24, 2.45) is 0 Å². The van der Waals surface area contributed by atoms with Gasteiger partial charge in [0.05, 0.1) is 0 Å². The molecule has 22 heavy (non-hydrogen) atoms. The maximum atomic E-state index is 11.5. The third-order valence-electron chi connectivity index (χ3n) is 2.65. The summed E-state index contributed by atoms with van der Waals surface area (Å²) in [4.78, 5) is 22.8. The highest BCUT2D eigenvalue weighted by Crippen LogP contribution is 2.19. The lowest BCUT2D eigenvalue weighted by Gasteiger charge is -2.16. The highest BCUT2D eigenvalue weighted by molar-refractivity contribution is 5.80. The van der Waals surface area contributed by atoms with Crippen molar-refractivity contribution in [3.63, 3.8) is 0 Å². The maximum Gasteiger partial charge on any atom is 0.408 e. The Hall–Kier alpha value is -2.54. The first-order valence-electron chi connectivity index (χ1n) is 6.55. The normalized spacial score (nSPS) is 11.3. The topological polar surface area (TPSA) is 94.1 Å². The Balaban J connectivity index is 2.76. The minimum Gasteiger partial charge on any atom is -0.480 e. The van der Waals surface area contributed by atoms with E-state index in [1.807, 2.05) is 0 Å². The van der Waals surface area contributed by atoms with Crippen LogP contribution in [0.25, 0.3) is 0 Å². The number of methoxy groups -OCH3 is 1. The van der Waals surface area contributed by atoms with E-state index in [9.17, 15) is 14.7 Å². The molecule has 120 valence electrons. The predicted octanol–water partition coefficient (Wildman–Crippen LogP) is 1.58. The minimum absolute atomic E-state index is 0.00566. The van der Waals surface area contributed by atoms with Gasteiger partial charge in [0.25, 0.3) is 0 Å². The Morgan fingerprint density at radius 2 is 2.14 bits per heavy atom. The molecule has 7 nitrogen and oxygen atoms in total. The van der Waals surface area contributed by atoms with Gasteiger partial charge in [0.2, 0.25) is 0 Å². The molecule has 0 aromatic heterocycles. The molecule has 0 saturated carbocycles. The summed E-state index contributed by atoms with van der Waals surface area (Å²) in [5.74, 6) is -0.672. The highest BCUT2D eigenvalue weighted by Gasteiger charge is 2.22. The SMILES string of the molecule is C=CCOC(=O)NC(Cc1ccccc1OCOC)C(=O)O. The van der Waals surface area contributed by atoms with Gasteiger partial charge in [-0.15, -0.1) is 0 Å². The van der Waals surface area contributed by atoms with Crippen LogP contribution in [-0.4, -0.2) is 43.7 Å². The summed E-state index contributed by atoms with van der Waals surface area (Å²) in [5, 5.41) is 11.5. The van der Waals surface area contributed by atoms with Gasteiger partial charge < -0.3 is 24.6 Å². The zero-order valence-electron chi connectivity index (χ0n) is 12.3. The average Bonchev–Trinajstić information content (AvgIpc) is 2.51. The Labute approximate surface area is 128 Å². The van der Waals surface area contributed by atoms with Crippen molar-refractivity contribution in [2.45, 2.75) is 12.5 Å². The maximum absolute atomic E-state index is 11.5. The standard InChI is InChI=1S/C15H19NO6/c1-3-8-21-15(19)16-12(14(17)18)9-11-6-4-5-7-13(11)22-10-20-2/h3-7,12H,1,8-10H2,2H3,(H,16,19)(H,17,18). The second-order valence-electron chi connectivity index (χ2n) is 4.29. The number of hydrogen-bond acceptors (Lipinski definition) is 5. The van der Waals surface area contributed by atoms with Gasteiger partial charge in [-0.2, -0.15) is 0 Å². The summed E-state index contributed by atoms with van der Waals surface area (Å²) in [6.45, 7) is 3.46. The molecular weight excluding hydrogens is 290 g/mol. The molecule has 1 unspecified atom stereocenters. The number of rotatable bonds is 9. The van der Waals surface area contributed by atoms with Crippen LogP contribution in [0.3, 0.4) is 0 Å². The zero-order chi connectivity index (χ0) is 16.4. The van der Waals surface area contributed by atoms with E-state index in [2.05, 4.69) is 11.9 Å². The van der Waals surface area contributed by atoms with E-state index in [1.165, 1.54) is 13.2 Å². The number of nitrogens with one attached hydrogen (secondary N) is 1. The highest BCUT2D eigenvalue weighted by atomic mass is 16.7. The van der Waals surface area contributed by atoms with E-state index in [-0.39, 0.29) is 19.8 Å². The summed E-state index contributed by atoms with van der Waals surface area (Å²) in [7, 11) is 1.49. The Bertz CT molecular complexity index is 517. The molecule has 0 bridgehead atoms. The summed E-state index contributed by atoms with van der Waals surface area (Å²) < 4.78 is 14.9. The van der Waals surface area contributed by atoms with Crippen LogP contribution in [0.15, 0.2) is 36.9 Å². The number of hydrogen-bond donors (Lipinski definition) is 2. The number of carbonyl (C=O) groups is 2. The number of ether oxygens (including phenoxy) is 3. The van der Waals surface area contributed by atoms with Crippen LogP contribution in [0.5, 0.6) is 5.75 Å². The van der Waals surface area contributed by atoms with Gasteiger partial charge in [-0.1, -0.05) is 30.9 Å². The van der Waals surface area contributed by atoms with Crippen LogP contribution in [-0.2, 0) is 20.7 Å². The fourth-order valence-electron chi connectivity index (χ4n) is 1.67. The summed E-state index contributed by atoms with van der Waals surface area (Å²) in [6.07, 6.45) is 0.629. The average molecular weight is 309 g/mol. The molecule has 0 aliphatic heterocycles. The number of carboxylic acid groups (broad SMARTS) is 1. The number of para-hydroxylation sites is 1. The Morgan fingerprint density at radius 3 is 2.77 bits per heavy atom. The van der Waals surface area contributed by atoms with Crippen LogP contribution in [0.2, 0.25) is 0 Å². The van der Waals surface area contributed by atoms with Crippen molar-refractivity contribution in [3.05, 3.63) is 42.5 Å². The van der Waals surface area contributed by atoms with E-state index >= 15 is 0 Å². The van der Waals surface area contributed by atoms with E-state index in [0.717, 1.165) is 0 Å². The first-order valence-corrected chi connectivity index (χ1v) is 6.55. The number of amides is 1. The molecule has 0 radical (unpaired) electrons. The first kappa shape index (κ1) is 17.5. The van der Waals surface area contributed by atoms with Crippen LogP contribution in [0, 0.1) is 0 Å². The Morgan fingerprint density at radius 1 is 1.41 bits per heavy atom. The molecule has 7 heteroatoms. The van der Waals surface area contributed by atoms with Crippen LogP contribution in [0.4, 0.5) is 4.79 Å². The number of benzene rings is 1. The monoisotopic (exact) mass is 309 g/mol. The van der Waals surface area contributed by atoms with E-state index < -0.39 is 18.1 Å². The lowest BCUT2D eigenvalue weighted by Crippen LogP contribution is -2.42. The smallest absolute Gasteiger partial charge is 0.408 e. The van der Waals surface area contributed by atoms with Gasteiger partial charge in [0, 0.05) is 13.5 Å². The van der Waals surface area contributed by atoms with Gasteiger partial charge in [-0.05, 0) is 11.6 Å². The van der Waals surface area contributed by atoms with Crippen LogP contribution >= 0.6 is 0 Å². The molecule has 1 aromatic rings. The van der Waals surface area contributed by atoms with Gasteiger partial charge >= 0.3 is 12.1 Å². The lowest BCUT2D eigenvalue weighted by molar-refractivity contribution is -0.139. The molecule has 0 saturated heterocycles. The third kappa shape index (κ3) is 5.84. The molecule has 0 heterocycles. The first-order chi connectivity index (χ1) is 10.6. The van der Waals surface area contributed by atoms with Crippen molar-refractivity contribution in [2.75, 3.05) is 20.5 Å². The predicted molar refractivity (Wildman–Crippen MR) is 78.8 cm³/mol. The second kappa shape index (κ2) is 9.41. The molecule has 1 atom stereocenters. The molecule has 2 N–H and O–H groups in total. The summed E-state index contributed by atoms with van der Waals surface area (Å²) >= 11 is 0. The van der Waals surface area contributed by atoms with Gasteiger partial charge in [-0.3, -0.25) is 0 Å².